The molecule has 0 aliphatic heterocycles. The number of carbonyl (C=O) groups excluding carboxylic acids is 1. The van der Waals surface area contributed by atoms with Crippen LogP contribution in [0, 0.1) is 5.92 Å². The molecule has 0 N–H and O–H groups in total. The van der Waals surface area contributed by atoms with Crippen molar-refractivity contribution in [2.24, 2.45) is 5.92 Å². The standard InChI is InChI=1S/C16H24OSi/c1-16(2)13-9-7-6-8-12(13)15(17)14(16)10-11-18(3,4)5/h6-9,14H,10-11H2,1-5H3. The Kier molecular flexibility index (Phi) is 3.26. The maximum atomic E-state index is 12.5. The highest BCUT2D eigenvalue weighted by atomic mass is 28.3. The Balaban J connectivity index is 2.28. The summed E-state index contributed by atoms with van der Waals surface area (Å²) in [4.78, 5) is 12.5. The van der Waals surface area contributed by atoms with Gasteiger partial charge in [0.25, 0.3) is 0 Å². The lowest BCUT2D eigenvalue weighted by Crippen LogP contribution is -2.30. The third-order valence-electron chi connectivity index (χ3n) is 4.26. The average Bonchev–Trinajstić information content (AvgIpc) is 2.45. The van der Waals surface area contributed by atoms with Crippen molar-refractivity contribution in [1.82, 2.24) is 0 Å². The third-order valence-corrected chi connectivity index (χ3v) is 6.05. The summed E-state index contributed by atoms with van der Waals surface area (Å²) in [6.45, 7) is 11.6. The molecule has 2 rings (SSSR count). The molecule has 0 amide bonds. The smallest absolute Gasteiger partial charge is 0.167 e. The van der Waals surface area contributed by atoms with E-state index >= 15 is 0 Å². The van der Waals surface area contributed by atoms with Crippen LogP contribution in [0.3, 0.4) is 0 Å². The molecule has 98 valence electrons. The summed E-state index contributed by atoms with van der Waals surface area (Å²) in [5, 5.41) is 0. The van der Waals surface area contributed by atoms with Gasteiger partial charge in [-0.1, -0.05) is 63.8 Å². The molecule has 0 saturated carbocycles. The number of carbonyl (C=O) groups is 1. The van der Waals surface area contributed by atoms with Crippen molar-refractivity contribution in [2.45, 2.75) is 51.4 Å². The molecule has 18 heavy (non-hydrogen) atoms. The second kappa shape index (κ2) is 4.34. The van der Waals surface area contributed by atoms with Crippen LogP contribution in [-0.4, -0.2) is 13.9 Å². The summed E-state index contributed by atoms with van der Waals surface area (Å²) in [6.07, 6.45) is 1.05. The SMILES string of the molecule is CC1(C)c2ccccc2C(=O)C1CC[Si](C)(C)C. The molecule has 1 atom stereocenters. The van der Waals surface area contributed by atoms with E-state index in [-0.39, 0.29) is 11.3 Å². The van der Waals surface area contributed by atoms with Crippen LogP contribution in [0.15, 0.2) is 24.3 Å². The van der Waals surface area contributed by atoms with Crippen molar-refractivity contribution in [1.29, 1.82) is 0 Å². The molecule has 1 aliphatic rings. The predicted molar refractivity (Wildman–Crippen MR) is 80.1 cm³/mol. The quantitative estimate of drug-likeness (QED) is 0.731. The van der Waals surface area contributed by atoms with Crippen molar-refractivity contribution < 1.29 is 4.79 Å². The zero-order chi connectivity index (χ0) is 13.6. The summed E-state index contributed by atoms with van der Waals surface area (Å²) in [5.41, 5.74) is 2.21. The number of hydrogen-bond donors (Lipinski definition) is 0. The van der Waals surface area contributed by atoms with Gasteiger partial charge in [0.2, 0.25) is 0 Å². The van der Waals surface area contributed by atoms with E-state index in [9.17, 15) is 4.79 Å². The van der Waals surface area contributed by atoms with E-state index in [1.165, 1.54) is 11.6 Å². The topological polar surface area (TPSA) is 17.1 Å². The number of Topliss-reactive ketones (excluding diaryl/α,β-unsaturated/α-hetero) is 1. The molecule has 1 nitrogen and oxygen atoms in total. The molecule has 0 spiro atoms. The predicted octanol–water partition coefficient (Wildman–Crippen LogP) is 4.51. The van der Waals surface area contributed by atoms with Crippen LogP contribution in [0.25, 0.3) is 0 Å². The van der Waals surface area contributed by atoms with Crippen LogP contribution in [0.1, 0.15) is 36.2 Å². The lowest BCUT2D eigenvalue weighted by molar-refractivity contribution is 0.0894. The minimum Gasteiger partial charge on any atom is -0.294 e. The fourth-order valence-electron chi connectivity index (χ4n) is 3.03. The summed E-state index contributed by atoms with van der Waals surface area (Å²) in [7, 11) is -1.07. The van der Waals surface area contributed by atoms with Crippen molar-refractivity contribution in [2.75, 3.05) is 0 Å². The molecule has 0 aromatic heterocycles. The lowest BCUT2D eigenvalue weighted by atomic mass is 9.77. The average molecular weight is 260 g/mol. The van der Waals surface area contributed by atoms with Gasteiger partial charge in [0.1, 0.15) is 0 Å². The normalized spacial score (nSPS) is 22.1. The highest BCUT2D eigenvalue weighted by molar-refractivity contribution is 6.76. The van der Waals surface area contributed by atoms with E-state index in [0.29, 0.717) is 5.78 Å². The maximum Gasteiger partial charge on any atom is 0.167 e. The maximum absolute atomic E-state index is 12.5. The molecule has 0 fully saturated rings. The molecule has 1 aromatic rings. The Morgan fingerprint density at radius 2 is 1.78 bits per heavy atom. The zero-order valence-electron chi connectivity index (χ0n) is 12.2. The largest absolute Gasteiger partial charge is 0.294 e. The number of ketones is 1. The van der Waals surface area contributed by atoms with E-state index in [1.807, 2.05) is 12.1 Å². The minimum absolute atomic E-state index is 0.00727. The van der Waals surface area contributed by atoms with Gasteiger partial charge in [-0.15, -0.1) is 0 Å². The van der Waals surface area contributed by atoms with Gasteiger partial charge in [-0.3, -0.25) is 4.79 Å². The molecular formula is C16H24OSi. The van der Waals surface area contributed by atoms with Crippen LogP contribution >= 0.6 is 0 Å². The third kappa shape index (κ3) is 2.31. The first kappa shape index (κ1) is 13.5. The highest BCUT2D eigenvalue weighted by Crippen LogP contribution is 2.45. The van der Waals surface area contributed by atoms with E-state index in [4.69, 9.17) is 0 Å². The molecule has 0 bridgehead atoms. The first-order valence-electron chi connectivity index (χ1n) is 6.87. The van der Waals surface area contributed by atoms with Crippen LogP contribution < -0.4 is 0 Å². The molecule has 2 heteroatoms. The van der Waals surface area contributed by atoms with E-state index < -0.39 is 8.07 Å². The van der Waals surface area contributed by atoms with Crippen molar-refractivity contribution in [3.63, 3.8) is 0 Å². The van der Waals surface area contributed by atoms with Gasteiger partial charge in [-0.25, -0.2) is 0 Å². The zero-order valence-corrected chi connectivity index (χ0v) is 13.2. The molecule has 1 aromatic carbocycles. The highest BCUT2D eigenvalue weighted by Gasteiger charge is 2.45. The minimum atomic E-state index is -1.07. The van der Waals surface area contributed by atoms with E-state index in [0.717, 1.165) is 12.0 Å². The van der Waals surface area contributed by atoms with Gasteiger partial charge < -0.3 is 0 Å². The van der Waals surface area contributed by atoms with Crippen molar-refractivity contribution in [3.05, 3.63) is 35.4 Å². The summed E-state index contributed by atoms with van der Waals surface area (Å²) >= 11 is 0. The molecule has 0 heterocycles. The summed E-state index contributed by atoms with van der Waals surface area (Å²) in [6, 6.07) is 9.39. The van der Waals surface area contributed by atoms with Crippen LogP contribution in [0.4, 0.5) is 0 Å². The van der Waals surface area contributed by atoms with Gasteiger partial charge in [0, 0.05) is 25.0 Å². The van der Waals surface area contributed by atoms with Crippen molar-refractivity contribution in [3.8, 4) is 0 Å². The molecule has 0 saturated heterocycles. The molecule has 1 aliphatic carbocycles. The second-order valence-electron chi connectivity index (χ2n) is 7.28. The number of hydrogen-bond acceptors (Lipinski definition) is 1. The van der Waals surface area contributed by atoms with Gasteiger partial charge in [-0.2, -0.15) is 0 Å². The summed E-state index contributed by atoms with van der Waals surface area (Å²) < 4.78 is 0. The molecule has 0 radical (unpaired) electrons. The van der Waals surface area contributed by atoms with Gasteiger partial charge in [-0.05, 0) is 12.0 Å². The monoisotopic (exact) mass is 260 g/mol. The Morgan fingerprint density at radius 1 is 1.17 bits per heavy atom. The molecule has 1 unspecified atom stereocenters. The van der Waals surface area contributed by atoms with E-state index in [2.05, 4.69) is 45.6 Å². The van der Waals surface area contributed by atoms with Gasteiger partial charge >= 0.3 is 0 Å². The van der Waals surface area contributed by atoms with Gasteiger partial charge in [0.05, 0.1) is 0 Å². The van der Waals surface area contributed by atoms with Gasteiger partial charge in [0.15, 0.2) is 5.78 Å². The van der Waals surface area contributed by atoms with Crippen LogP contribution in [-0.2, 0) is 5.41 Å². The number of fused-ring (bicyclic) bond motifs is 1. The molecular weight excluding hydrogens is 236 g/mol. The fourth-order valence-corrected chi connectivity index (χ4v) is 4.19. The Labute approximate surface area is 112 Å². The Bertz CT molecular complexity index is 468. The number of rotatable bonds is 3. The Morgan fingerprint density at radius 3 is 2.33 bits per heavy atom. The first-order chi connectivity index (χ1) is 8.23. The van der Waals surface area contributed by atoms with E-state index in [1.54, 1.807) is 0 Å². The lowest BCUT2D eigenvalue weighted by Gasteiger charge is -2.29. The first-order valence-corrected chi connectivity index (χ1v) is 10.6. The Hall–Kier alpha value is -0.893. The summed E-state index contributed by atoms with van der Waals surface area (Å²) in [5.74, 6) is 0.551. The van der Waals surface area contributed by atoms with Crippen LogP contribution in [0.2, 0.25) is 25.7 Å². The van der Waals surface area contributed by atoms with Crippen LogP contribution in [0.5, 0.6) is 0 Å². The second-order valence-corrected chi connectivity index (χ2v) is 12.9. The van der Waals surface area contributed by atoms with Crippen molar-refractivity contribution >= 4 is 13.9 Å². The number of benzene rings is 1. The fraction of sp³-hybridized carbons (Fsp3) is 0.562.